The Bertz CT molecular complexity index is 1170. The molecular weight excluding hydrogens is 392 g/mol. The van der Waals surface area contributed by atoms with Crippen LogP contribution in [0.2, 0.25) is 0 Å². The Labute approximate surface area is 170 Å². The second-order valence-electron chi connectivity index (χ2n) is 6.49. The summed E-state index contributed by atoms with van der Waals surface area (Å²) in [5, 5.41) is 13.2. The number of nitro groups is 1. The Morgan fingerprint density at radius 1 is 1.20 bits per heavy atom. The van der Waals surface area contributed by atoms with Gasteiger partial charge in [0.2, 0.25) is 0 Å². The summed E-state index contributed by atoms with van der Waals surface area (Å²) in [4.78, 5) is 50.4. The number of aromatic nitrogens is 2. The van der Waals surface area contributed by atoms with Crippen molar-refractivity contribution in [3.63, 3.8) is 0 Å². The van der Waals surface area contributed by atoms with Crippen molar-refractivity contribution in [2.24, 2.45) is 0 Å². The number of non-ortho nitro benzene ring substituents is 1. The number of rotatable bonds is 7. The summed E-state index contributed by atoms with van der Waals surface area (Å²) >= 11 is 0. The van der Waals surface area contributed by atoms with Crippen LogP contribution in [-0.4, -0.2) is 32.7 Å². The van der Waals surface area contributed by atoms with E-state index in [9.17, 15) is 24.5 Å². The zero-order chi connectivity index (χ0) is 21.7. The molecule has 0 fully saturated rings. The van der Waals surface area contributed by atoms with Gasteiger partial charge in [0.1, 0.15) is 12.3 Å². The van der Waals surface area contributed by atoms with Gasteiger partial charge in [0, 0.05) is 36.5 Å². The minimum absolute atomic E-state index is 0.0295. The molecule has 0 radical (unpaired) electrons. The van der Waals surface area contributed by atoms with Crippen molar-refractivity contribution in [3.8, 4) is 0 Å². The van der Waals surface area contributed by atoms with Gasteiger partial charge in [-0.25, -0.2) is 4.98 Å². The average Bonchev–Trinajstić information content (AvgIpc) is 2.72. The van der Waals surface area contributed by atoms with Crippen molar-refractivity contribution in [2.75, 3.05) is 6.54 Å². The number of carbonyl (C=O) groups excluding carboxylic acids is 2. The van der Waals surface area contributed by atoms with Crippen molar-refractivity contribution < 1.29 is 19.2 Å². The van der Waals surface area contributed by atoms with Crippen LogP contribution < -0.4 is 10.9 Å². The quantitative estimate of drug-likeness (QED) is 0.356. The lowest BCUT2D eigenvalue weighted by Crippen LogP contribution is -2.26. The largest absolute Gasteiger partial charge is 0.459 e. The van der Waals surface area contributed by atoms with Gasteiger partial charge in [0.25, 0.3) is 17.2 Å². The Morgan fingerprint density at radius 3 is 2.63 bits per heavy atom. The van der Waals surface area contributed by atoms with Crippen LogP contribution >= 0.6 is 0 Å². The topological polar surface area (TPSA) is 133 Å². The molecule has 30 heavy (non-hydrogen) atoms. The molecular formula is C20H18N4O6. The molecule has 1 aromatic carbocycles. The third-order valence-corrected chi connectivity index (χ3v) is 4.20. The smallest absolute Gasteiger partial charge is 0.307 e. The van der Waals surface area contributed by atoms with Crippen LogP contribution in [0.25, 0.3) is 5.65 Å². The third kappa shape index (κ3) is 5.04. The maximum atomic E-state index is 12.1. The van der Waals surface area contributed by atoms with Crippen LogP contribution in [0, 0.1) is 17.0 Å². The molecule has 0 aliphatic carbocycles. The standard InChI is InChI=1S/C20H18N4O6/c1-13-2-7-17-22-15(10-18(25)23(17)11-13)12-30-19(26)8-9-21-20(27)14-3-5-16(6-4-14)24(28)29/h2-7,10-11H,8-9,12H2,1H3,(H,21,27). The number of benzene rings is 1. The fraction of sp³-hybridized carbons (Fsp3) is 0.200. The Kier molecular flexibility index (Phi) is 6.16. The number of nitro benzene ring substituents is 1. The Morgan fingerprint density at radius 2 is 1.93 bits per heavy atom. The fourth-order valence-corrected chi connectivity index (χ4v) is 2.67. The van der Waals surface area contributed by atoms with Crippen LogP contribution in [0.5, 0.6) is 0 Å². The molecule has 1 N–H and O–H groups in total. The highest BCUT2D eigenvalue weighted by Crippen LogP contribution is 2.11. The number of hydrogen-bond acceptors (Lipinski definition) is 7. The lowest BCUT2D eigenvalue weighted by atomic mass is 10.2. The first-order valence-electron chi connectivity index (χ1n) is 9.01. The monoisotopic (exact) mass is 410 g/mol. The van der Waals surface area contributed by atoms with Crippen molar-refractivity contribution in [2.45, 2.75) is 20.0 Å². The molecule has 10 heteroatoms. The van der Waals surface area contributed by atoms with Crippen molar-refractivity contribution >= 4 is 23.2 Å². The van der Waals surface area contributed by atoms with E-state index in [-0.39, 0.29) is 36.4 Å². The van der Waals surface area contributed by atoms with Crippen LogP contribution in [0.3, 0.4) is 0 Å². The van der Waals surface area contributed by atoms with Gasteiger partial charge >= 0.3 is 5.97 Å². The number of hydrogen-bond donors (Lipinski definition) is 1. The summed E-state index contributed by atoms with van der Waals surface area (Å²) in [5.41, 5.74) is 1.55. The van der Waals surface area contributed by atoms with Crippen molar-refractivity contribution in [3.05, 3.63) is 86.0 Å². The highest BCUT2D eigenvalue weighted by Gasteiger charge is 2.11. The predicted octanol–water partition coefficient (Wildman–Crippen LogP) is 1.77. The number of carbonyl (C=O) groups is 2. The molecule has 3 rings (SSSR count). The molecule has 3 aromatic rings. The molecule has 0 atom stereocenters. The highest BCUT2D eigenvalue weighted by molar-refractivity contribution is 5.94. The molecule has 0 bridgehead atoms. The van der Waals surface area contributed by atoms with E-state index in [2.05, 4.69) is 10.3 Å². The lowest BCUT2D eigenvalue weighted by Gasteiger charge is -2.07. The molecule has 154 valence electrons. The zero-order valence-corrected chi connectivity index (χ0v) is 16.0. The van der Waals surface area contributed by atoms with E-state index in [0.717, 1.165) is 5.56 Å². The van der Waals surface area contributed by atoms with E-state index in [0.29, 0.717) is 11.3 Å². The first kappa shape index (κ1) is 20.6. The summed E-state index contributed by atoms with van der Waals surface area (Å²) in [6, 6.07) is 9.94. The van der Waals surface area contributed by atoms with Crippen LogP contribution in [0.15, 0.2) is 53.5 Å². The van der Waals surface area contributed by atoms with Gasteiger partial charge in [-0.3, -0.25) is 28.9 Å². The molecule has 0 aliphatic rings. The Balaban J connectivity index is 1.48. The van der Waals surface area contributed by atoms with Gasteiger partial charge < -0.3 is 10.1 Å². The summed E-state index contributed by atoms with van der Waals surface area (Å²) in [6.45, 7) is 1.73. The third-order valence-electron chi connectivity index (χ3n) is 4.20. The highest BCUT2D eigenvalue weighted by atomic mass is 16.6. The molecule has 0 aliphatic heterocycles. The fourth-order valence-electron chi connectivity index (χ4n) is 2.67. The van der Waals surface area contributed by atoms with Crippen LogP contribution in [-0.2, 0) is 16.1 Å². The van der Waals surface area contributed by atoms with Gasteiger partial charge in [-0.2, -0.15) is 0 Å². The number of pyridine rings is 1. The van der Waals surface area contributed by atoms with Gasteiger partial charge in [-0.15, -0.1) is 0 Å². The van der Waals surface area contributed by atoms with E-state index >= 15 is 0 Å². The number of aryl methyl sites for hydroxylation is 1. The van der Waals surface area contributed by atoms with Gasteiger partial charge in [-0.05, 0) is 30.7 Å². The summed E-state index contributed by atoms with van der Waals surface area (Å²) in [6.07, 6.45) is 1.60. The molecule has 0 unspecified atom stereocenters. The number of amides is 1. The number of ether oxygens (including phenoxy) is 1. The van der Waals surface area contributed by atoms with E-state index < -0.39 is 16.8 Å². The van der Waals surface area contributed by atoms with Crippen molar-refractivity contribution in [1.29, 1.82) is 0 Å². The first-order valence-corrected chi connectivity index (χ1v) is 9.01. The summed E-state index contributed by atoms with van der Waals surface area (Å²) in [7, 11) is 0. The van der Waals surface area contributed by atoms with Crippen LogP contribution in [0.4, 0.5) is 5.69 Å². The molecule has 0 spiro atoms. The van der Waals surface area contributed by atoms with Gasteiger partial charge in [0.05, 0.1) is 17.0 Å². The van der Waals surface area contributed by atoms with Gasteiger partial charge in [-0.1, -0.05) is 6.07 Å². The normalized spacial score (nSPS) is 10.6. The van der Waals surface area contributed by atoms with E-state index in [4.69, 9.17) is 4.74 Å². The maximum Gasteiger partial charge on any atom is 0.307 e. The number of fused-ring (bicyclic) bond motifs is 1. The summed E-state index contributed by atoms with van der Waals surface area (Å²) < 4.78 is 6.52. The van der Waals surface area contributed by atoms with Crippen molar-refractivity contribution in [1.82, 2.24) is 14.7 Å². The molecule has 2 heterocycles. The zero-order valence-electron chi connectivity index (χ0n) is 16.0. The molecule has 10 nitrogen and oxygen atoms in total. The minimum Gasteiger partial charge on any atom is -0.459 e. The molecule has 2 aromatic heterocycles. The molecule has 1 amide bonds. The minimum atomic E-state index is -0.565. The van der Waals surface area contributed by atoms with E-state index in [1.54, 1.807) is 12.3 Å². The van der Waals surface area contributed by atoms with E-state index in [1.165, 1.54) is 34.7 Å². The Hall–Kier alpha value is -4.08. The molecule has 0 saturated carbocycles. The number of esters is 1. The SMILES string of the molecule is Cc1ccc2nc(COC(=O)CCNC(=O)c3ccc([N+](=O)[O-])cc3)cc(=O)n2c1. The first-order chi connectivity index (χ1) is 14.3. The van der Waals surface area contributed by atoms with E-state index in [1.807, 2.05) is 13.0 Å². The van der Waals surface area contributed by atoms with Gasteiger partial charge in [0.15, 0.2) is 0 Å². The van der Waals surface area contributed by atoms with Crippen LogP contribution in [0.1, 0.15) is 28.0 Å². The average molecular weight is 410 g/mol. The summed E-state index contributed by atoms with van der Waals surface area (Å²) in [5.74, 6) is -1.03. The second-order valence-corrected chi connectivity index (χ2v) is 6.49. The number of nitrogens with zero attached hydrogens (tertiary/aromatic N) is 3. The second kappa shape index (κ2) is 8.95. The molecule has 0 saturated heterocycles. The predicted molar refractivity (Wildman–Crippen MR) is 106 cm³/mol. The number of nitrogens with one attached hydrogen (secondary N) is 1. The lowest BCUT2D eigenvalue weighted by molar-refractivity contribution is -0.384. The maximum absolute atomic E-state index is 12.1.